The highest BCUT2D eigenvalue weighted by molar-refractivity contribution is 6.31. The number of carbonyl (C=O) groups excluding carboxylic acids is 3. The minimum Gasteiger partial charge on any atom is -0.323 e. The molecule has 0 aliphatic carbocycles. The number of rotatable bonds is 6. The fraction of sp³-hybridized carbons (Fsp3) is 0.130. The molecule has 1 N–H and O–H groups in total. The molecule has 10 nitrogen and oxygen atoms in total. The van der Waals surface area contributed by atoms with E-state index < -0.39 is 34.4 Å². The summed E-state index contributed by atoms with van der Waals surface area (Å²) in [5.41, 5.74) is -0.337. The van der Waals surface area contributed by atoms with Crippen LogP contribution in [0.4, 0.5) is 11.4 Å². The first-order chi connectivity index (χ1) is 16.2. The minimum absolute atomic E-state index is 0.132. The molecule has 3 aromatic rings. The van der Waals surface area contributed by atoms with Gasteiger partial charge in [-0.05, 0) is 30.7 Å². The third-order valence-corrected chi connectivity index (χ3v) is 5.81. The fourth-order valence-electron chi connectivity index (χ4n) is 3.69. The predicted octanol–water partition coefficient (Wildman–Crippen LogP) is 3.08. The van der Waals surface area contributed by atoms with Crippen molar-refractivity contribution in [3.8, 4) is 0 Å². The molecule has 1 unspecified atom stereocenters. The molecule has 3 amide bonds. The van der Waals surface area contributed by atoms with Crippen LogP contribution < -0.4 is 10.9 Å². The summed E-state index contributed by atoms with van der Waals surface area (Å²) in [6, 6.07) is 12.1. The number of anilines is 1. The lowest BCUT2D eigenvalue weighted by atomic mass is 10.1. The number of amides is 3. The zero-order valence-corrected chi connectivity index (χ0v) is 18.5. The van der Waals surface area contributed by atoms with Crippen LogP contribution in [0, 0.1) is 10.1 Å². The summed E-state index contributed by atoms with van der Waals surface area (Å²) in [5, 5.41) is 14.3. The highest BCUT2D eigenvalue weighted by Crippen LogP contribution is 2.32. The first kappa shape index (κ1) is 22.9. The Hall–Kier alpha value is -4.31. The van der Waals surface area contributed by atoms with Crippen molar-refractivity contribution in [1.82, 2.24) is 9.47 Å². The third-order valence-electron chi connectivity index (χ3n) is 5.44. The summed E-state index contributed by atoms with van der Waals surface area (Å²) in [7, 11) is 0. The predicted molar refractivity (Wildman–Crippen MR) is 123 cm³/mol. The lowest BCUT2D eigenvalue weighted by Crippen LogP contribution is -2.45. The Morgan fingerprint density at radius 3 is 2.50 bits per heavy atom. The van der Waals surface area contributed by atoms with Crippen molar-refractivity contribution in [2.75, 3.05) is 5.32 Å². The number of benzene rings is 2. The topological polar surface area (TPSA) is 132 Å². The summed E-state index contributed by atoms with van der Waals surface area (Å²) in [6.07, 6.45) is 1.42. The van der Waals surface area contributed by atoms with Gasteiger partial charge in [0, 0.05) is 23.4 Å². The van der Waals surface area contributed by atoms with Gasteiger partial charge in [0.15, 0.2) is 0 Å². The molecule has 0 spiro atoms. The number of fused-ring (bicyclic) bond motifs is 1. The fourth-order valence-corrected chi connectivity index (χ4v) is 3.89. The quantitative estimate of drug-likeness (QED) is 0.327. The number of pyridine rings is 1. The molecule has 2 heterocycles. The Morgan fingerprint density at radius 1 is 1.06 bits per heavy atom. The van der Waals surface area contributed by atoms with Crippen molar-refractivity contribution in [1.29, 1.82) is 0 Å². The van der Waals surface area contributed by atoms with Crippen molar-refractivity contribution in [2.45, 2.75) is 19.5 Å². The second-order valence-electron chi connectivity index (χ2n) is 7.58. The zero-order valence-electron chi connectivity index (χ0n) is 17.7. The van der Waals surface area contributed by atoms with Gasteiger partial charge in [-0.1, -0.05) is 35.9 Å². The van der Waals surface area contributed by atoms with Crippen LogP contribution in [-0.4, -0.2) is 38.2 Å². The van der Waals surface area contributed by atoms with Gasteiger partial charge in [0.05, 0.1) is 22.7 Å². The molecule has 0 bridgehead atoms. The SMILES string of the molecule is CC(C(=O)Nc1ccc(=O)n(Cc2ccccc2Cl)c1)N1C(=O)c2cccc([N+](=O)[O-])c2C1=O. The largest absolute Gasteiger partial charge is 0.323 e. The lowest BCUT2D eigenvalue weighted by molar-refractivity contribution is -0.385. The van der Waals surface area contributed by atoms with Gasteiger partial charge in [-0.15, -0.1) is 0 Å². The molecule has 1 aliphatic heterocycles. The van der Waals surface area contributed by atoms with Crippen LogP contribution in [0.25, 0.3) is 0 Å². The van der Waals surface area contributed by atoms with Crippen molar-refractivity contribution in [3.05, 3.63) is 103 Å². The first-order valence-electron chi connectivity index (χ1n) is 10.1. The maximum absolute atomic E-state index is 12.9. The Labute approximate surface area is 197 Å². The van der Waals surface area contributed by atoms with E-state index in [0.717, 1.165) is 6.07 Å². The van der Waals surface area contributed by atoms with E-state index in [0.29, 0.717) is 15.5 Å². The number of imide groups is 1. The first-order valence-corrected chi connectivity index (χ1v) is 10.5. The van der Waals surface area contributed by atoms with Crippen LogP contribution in [0.3, 0.4) is 0 Å². The summed E-state index contributed by atoms with van der Waals surface area (Å²) >= 11 is 6.16. The molecule has 34 heavy (non-hydrogen) atoms. The third kappa shape index (κ3) is 4.06. The van der Waals surface area contributed by atoms with E-state index >= 15 is 0 Å². The van der Waals surface area contributed by atoms with E-state index in [4.69, 9.17) is 11.6 Å². The van der Waals surface area contributed by atoms with Gasteiger partial charge in [-0.25, -0.2) is 0 Å². The molecule has 0 radical (unpaired) electrons. The van der Waals surface area contributed by atoms with Gasteiger partial charge in [0.2, 0.25) is 5.91 Å². The maximum atomic E-state index is 12.9. The highest BCUT2D eigenvalue weighted by Gasteiger charge is 2.44. The summed E-state index contributed by atoms with van der Waals surface area (Å²) in [5.74, 6) is -2.42. The van der Waals surface area contributed by atoms with Gasteiger partial charge in [-0.3, -0.25) is 34.2 Å². The number of hydrogen-bond acceptors (Lipinski definition) is 6. The van der Waals surface area contributed by atoms with Gasteiger partial charge in [0.1, 0.15) is 11.6 Å². The van der Waals surface area contributed by atoms with Crippen LogP contribution in [-0.2, 0) is 11.3 Å². The number of carbonyl (C=O) groups is 3. The van der Waals surface area contributed by atoms with Gasteiger partial charge in [0.25, 0.3) is 23.1 Å². The molecule has 0 saturated heterocycles. The Bertz CT molecular complexity index is 1420. The molecule has 1 aromatic heterocycles. The van der Waals surface area contributed by atoms with Gasteiger partial charge < -0.3 is 9.88 Å². The molecule has 0 saturated carbocycles. The number of aromatic nitrogens is 1. The second-order valence-corrected chi connectivity index (χ2v) is 7.98. The van der Waals surface area contributed by atoms with Crippen LogP contribution in [0.2, 0.25) is 5.02 Å². The molecular formula is C23H17ClN4O6. The van der Waals surface area contributed by atoms with Crippen LogP contribution in [0.1, 0.15) is 33.2 Å². The molecule has 0 fully saturated rings. The smallest absolute Gasteiger partial charge is 0.282 e. The van der Waals surface area contributed by atoms with E-state index in [1.165, 1.54) is 42.0 Å². The van der Waals surface area contributed by atoms with E-state index in [1.54, 1.807) is 24.3 Å². The average Bonchev–Trinajstić information content (AvgIpc) is 3.07. The second kappa shape index (κ2) is 8.91. The van der Waals surface area contributed by atoms with Crippen LogP contribution >= 0.6 is 11.6 Å². The number of halogens is 1. The van der Waals surface area contributed by atoms with E-state index in [1.807, 2.05) is 0 Å². The van der Waals surface area contributed by atoms with Crippen LogP contribution in [0.5, 0.6) is 0 Å². The molecule has 172 valence electrons. The van der Waals surface area contributed by atoms with Crippen molar-refractivity contribution in [2.24, 2.45) is 0 Å². The van der Waals surface area contributed by atoms with E-state index in [-0.39, 0.29) is 28.9 Å². The van der Waals surface area contributed by atoms with Crippen molar-refractivity contribution >= 4 is 40.7 Å². The standard InChI is InChI=1S/C23H17ClN4O6/c1-13(27-22(31)16-6-4-8-18(28(33)34)20(16)23(27)32)21(30)25-15-9-10-19(29)26(12-15)11-14-5-2-3-7-17(14)24/h2-10,12-13H,11H2,1H3,(H,25,30). The number of nitrogens with one attached hydrogen (secondary N) is 1. The zero-order chi connectivity index (χ0) is 24.6. The molecule has 2 aromatic carbocycles. The Morgan fingerprint density at radius 2 is 1.79 bits per heavy atom. The normalized spacial score (nSPS) is 13.5. The highest BCUT2D eigenvalue weighted by atomic mass is 35.5. The summed E-state index contributed by atoms with van der Waals surface area (Å²) in [4.78, 5) is 61.9. The minimum atomic E-state index is -1.27. The summed E-state index contributed by atoms with van der Waals surface area (Å²) < 4.78 is 1.35. The van der Waals surface area contributed by atoms with Gasteiger partial charge >= 0.3 is 0 Å². The monoisotopic (exact) mass is 480 g/mol. The van der Waals surface area contributed by atoms with Crippen LogP contribution in [0.15, 0.2) is 65.6 Å². The number of nitro benzene ring substituents is 1. The van der Waals surface area contributed by atoms with Crippen molar-refractivity contribution < 1.29 is 19.3 Å². The number of hydrogen-bond donors (Lipinski definition) is 1. The van der Waals surface area contributed by atoms with Crippen molar-refractivity contribution in [3.63, 3.8) is 0 Å². The Balaban J connectivity index is 1.56. The Kier molecular flexibility index (Phi) is 5.99. The molecule has 11 heteroatoms. The maximum Gasteiger partial charge on any atom is 0.282 e. The van der Waals surface area contributed by atoms with E-state index in [9.17, 15) is 29.3 Å². The average molecular weight is 481 g/mol. The molecular weight excluding hydrogens is 464 g/mol. The summed E-state index contributed by atoms with van der Waals surface area (Å²) in [6.45, 7) is 1.50. The van der Waals surface area contributed by atoms with Gasteiger partial charge in [-0.2, -0.15) is 0 Å². The number of nitro groups is 1. The number of nitrogens with zero attached hydrogens (tertiary/aromatic N) is 3. The lowest BCUT2D eigenvalue weighted by Gasteiger charge is -2.21. The molecule has 1 atom stereocenters. The molecule has 4 rings (SSSR count). The molecule has 1 aliphatic rings. The van der Waals surface area contributed by atoms with E-state index in [2.05, 4.69) is 5.32 Å².